The molecule has 3 amide bonds. The average molecular weight is 394 g/mol. The van der Waals surface area contributed by atoms with Gasteiger partial charge in [-0.1, -0.05) is 6.07 Å². The van der Waals surface area contributed by atoms with Gasteiger partial charge >= 0.3 is 0 Å². The van der Waals surface area contributed by atoms with Crippen LogP contribution in [0.4, 0.5) is 11.4 Å². The normalized spacial score (nSPS) is 9.83. The van der Waals surface area contributed by atoms with Crippen LogP contribution < -0.4 is 15.4 Å². The third-order valence-corrected chi connectivity index (χ3v) is 3.88. The Balaban J connectivity index is 1.87. The van der Waals surface area contributed by atoms with Crippen molar-refractivity contribution in [1.29, 1.82) is 5.26 Å². The van der Waals surface area contributed by atoms with Crippen LogP contribution in [0, 0.1) is 11.3 Å². The van der Waals surface area contributed by atoms with E-state index in [1.807, 2.05) is 6.07 Å². The van der Waals surface area contributed by atoms with Gasteiger partial charge < -0.3 is 20.3 Å². The molecule has 0 bridgehead atoms. The first-order valence-electron chi connectivity index (χ1n) is 8.99. The zero-order valence-corrected chi connectivity index (χ0v) is 16.3. The van der Waals surface area contributed by atoms with Gasteiger partial charge in [0.25, 0.3) is 5.91 Å². The standard InChI is InChI=1S/C21H22N4O4/c1-3-25(21(28)14-29-19-6-4-5-16(11-19)12-22)13-20(27)24-18-9-7-17(8-10-18)23-15(2)26/h4-11H,3,13-14H2,1-2H3,(H,23,26)(H,24,27). The molecule has 0 aliphatic carbocycles. The van der Waals surface area contributed by atoms with E-state index in [1.165, 1.54) is 11.8 Å². The van der Waals surface area contributed by atoms with Crippen LogP contribution in [0.5, 0.6) is 5.75 Å². The van der Waals surface area contributed by atoms with E-state index in [9.17, 15) is 14.4 Å². The second-order valence-corrected chi connectivity index (χ2v) is 6.14. The van der Waals surface area contributed by atoms with Crippen molar-refractivity contribution in [3.8, 4) is 11.8 Å². The van der Waals surface area contributed by atoms with Crippen LogP contribution in [-0.2, 0) is 14.4 Å². The van der Waals surface area contributed by atoms with Crippen LogP contribution in [-0.4, -0.2) is 42.3 Å². The molecule has 29 heavy (non-hydrogen) atoms. The largest absolute Gasteiger partial charge is 0.484 e. The van der Waals surface area contributed by atoms with E-state index in [-0.39, 0.29) is 30.9 Å². The summed E-state index contributed by atoms with van der Waals surface area (Å²) in [6, 6.07) is 15.2. The molecular weight excluding hydrogens is 372 g/mol. The minimum atomic E-state index is -0.348. The van der Waals surface area contributed by atoms with Crippen LogP contribution in [0.2, 0.25) is 0 Å². The van der Waals surface area contributed by atoms with Crippen LogP contribution in [0.1, 0.15) is 19.4 Å². The Morgan fingerprint density at radius 3 is 2.31 bits per heavy atom. The molecule has 2 aromatic carbocycles. The summed E-state index contributed by atoms with van der Waals surface area (Å²) >= 11 is 0. The molecule has 0 spiro atoms. The van der Waals surface area contributed by atoms with E-state index in [0.29, 0.717) is 29.2 Å². The first-order chi connectivity index (χ1) is 13.9. The molecule has 0 unspecified atom stereocenters. The fraction of sp³-hybridized carbons (Fsp3) is 0.238. The summed E-state index contributed by atoms with van der Waals surface area (Å²) in [7, 11) is 0. The summed E-state index contributed by atoms with van der Waals surface area (Å²) in [4.78, 5) is 37.0. The number of rotatable bonds is 8. The second kappa shape index (κ2) is 10.5. The van der Waals surface area contributed by atoms with E-state index in [2.05, 4.69) is 10.6 Å². The molecule has 0 saturated carbocycles. The summed E-state index contributed by atoms with van der Waals surface area (Å²) < 4.78 is 5.43. The number of benzene rings is 2. The molecule has 2 aromatic rings. The van der Waals surface area contributed by atoms with Gasteiger partial charge in [0.15, 0.2) is 6.61 Å². The highest BCUT2D eigenvalue weighted by Gasteiger charge is 2.16. The number of likely N-dealkylation sites (N-methyl/N-ethyl adjacent to an activating group) is 1. The first-order valence-corrected chi connectivity index (χ1v) is 8.99. The maximum atomic E-state index is 12.4. The summed E-state index contributed by atoms with van der Waals surface area (Å²) in [6.45, 7) is 3.17. The monoisotopic (exact) mass is 394 g/mol. The Hall–Kier alpha value is -3.86. The zero-order valence-electron chi connectivity index (χ0n) is 16.3. The smallest absolute Gasteiger partial charge is 0.260 e. The fourth-order valence-electron chi connectivity index (χ4n) is 2.48. The van der Waals surface area contributed by atoms with E-state index < -0.39 is 0 Å². The molecule has 2 N–H and O–H groups in total. The zero-order chi connectivity index (χ0) is 21.2. The average Bonchev–Trinajstić information content (AvgIpc) is 2.71. The van der Waals surface area contributed by atoms with Crippen molar-refractivity contribution in [2.75, 3.05) is 30.3 Å². The van der Waals surface area contributed by atoms with Crippen molar-refractivity contribution in [2.45, 2.75) is 13.8 Å². The molecule has 0 heterocycles. The lowest BCUT2D eigenvalue weighted by molar-refractivity contribution is -0.136. The summed E-state index contributed by atoms with van der Waals surface area (Å²) in [5.41, 5.74) is 1.61. The lowest BCUT2D eigenvalue weighted by Crippen LogP contribution is -2.40. The maximum absolute atomic E-state index is 12.4. The topological polar surface area (TPSA) is 112 Å². The summed E-state index contributed by atoms with van der Waals surface area (Å²) in [6.07, 6.45) is 0. The van der Waals surface area contributed by atoms with Gasteiger partial charge in [-0.3, -0.25) is 14.4 Å². The van der Waals surface area contributed by atoms with Gasteiger partial charge in [-0.15, -0.1) is 0 Å². The van der Waals surface area contributed by atoms with E-state index in [1.54, 1.807) is 55.5 Å². The van der Waals surface area contributed by atoms with Crippen LogP contribution in [0.15, 0.2) is 48.5 Å². The number of amides is 3. The number of nitriles is 1. The van der Waals surface area contributed by atoms with Crippen LogP contribution >= 0.6 is 0 Å². The quantitative estimate of drug-likeness (QED) is 0.714. The second-order valence-electron chi connectivity index (χ2n) is 6.14. The summed E-state index contributed by atoms with van der Waals surface area (Å²) in [5, 5.41) is 14.2. The Kier molecular flexibility index (Phi) is 7.74. The van der Waals surface area contributed by atoms with Gasteiger partial charge in [0.2, 0.25) is 11.8 Å². The Labute approximate surface area is 169 Å². The van der Waals surface area contributed by atoms with E-state index in [4.69, 9.17) is 10.00 Å². The number of nitrogens with zero attached hydrogens (tertiary/aromatic N) is 2. The molecule has 2 rings (SSSR count). The lowest BCUT2D eigenvalue weighted by atomic mass is 10.2. The predicted octanol–water partition coefficient (Wildman–Crippen LogP) is 2.38. The summed E-state index contributed by atoms with van der Waals surface area (Å²) in [5.74, 6) is -0.456. The SMILES string of the molecule is CCN(CC(=O)Nc1ccc(NC(C)=O)cc1)C(=O)COc1cccc(C#N)c1. The molecule has 0 radical (unpaired) electrons. The minimum absolute atomic E-state index is 0.121. The van der Waals surface area contributed by atoms with Gasteiger partial charge in [0.05, 0.1) is 18.2 Å². The van der Waals surface area contributed by atoms with Gasteiger partial charge in [-0.25, -0.2) is 0 Å². The van der Waals surface area contributed by atoms with Gasteiger partial charge in [-0.05, 0) is 49.4 Å². The van der Waals surface area contributed by atoms with Crippen molar-refractivity contribution in [1.82, 2.24) is 4.90 Å². The number of carbonyl (C=O) groups excluding carboxylic acids is 3. The van der Waals surface area contributed by atoms with Gasteiger partial charge in [0.1, 0.15) is 5.75 Å². The number of nitrogens with one attached hydrogen (secondary N) is 2. The molecule has 0 aliphatic heterocycles. The van der Waals surface area contributed by atoms with Crippen molar-refractivity contribution in [3.63, 3.8) is 0 Å². The molecule has 0 atom stereocenters. The van der Waals surface area contributed by atoms with Crippen molar-refractivity contribution in [2.24, 2.45) is 0 Å². The highest BCUT2D eigenvalue weighted by atomic mass is 16.5. The Bertz CT molecular complexity index is 919. The van der Waals surface area contributed by atoms with Crippen molar-refractivity contribution >= 4 is 29.1 Å². The fourth-order valence-corrected chi connectivity index (χ4v) is 2.48. The van der Waals surface area contributed by atoms with Gasteiger partial charge in [-0.2, -0.15) is 5.26 Å². The highest BCUT2D eigenvalue weighted by molar-refractivity contribution is 5.95. The van der Waals surface area contributed by atoms with Crippen LogP contribution in [0.25, 0.3) is 0 Å². The van der Waals surface area contributed by atoms with E-state index in [0.717, 1.165) is 0 Å². The van der Waals surface area contributed by atoms with Crippen LogP contribution in [0.3, 0.4) is 0 Å². The molecule has 8 heteroatoms. The number of anilines is 2. The van der Waals surface area contributed by atoms with Crippen molar-refractivity contribution in [3.05, 3.63) is 54.1 Å². The lowest BCUT2D eigenvalue weighted by Gasteiger charge is -2.20. The molecule has 0 saturated heterocycles. The van der Waals surface area contributed by atoms with Gasteiger partial charge in [0, 0.05) is 24.8 Å². The molecular formula is C21H22N4O4. The highest BCUT2D eigenvalue weighted by Crippen LogP contribution is 2.14. The third kappa shape index (κ3) is 6.99. The molecule has 0 aliphatic rings. The number of carbonyl (C=O) groups is 3. The number of hydrogen-bond acceptors (Lipinski definition) is 5. The molecule has 0 fully saturated rings. The maximum Gasteiger partial charge on any atom is 0.260 e. The molecule has 0 aromatic heterocycles. The molecule has 150 valence electrons. The van der Waals surface area contributed by atoms with Crippen molar-refractivity contribution < 1.29 is 19.1 Å². The van der Waals surface area contributed by atoms with E-state index >= 15 is 0 Å². The minimum Gasteiger partial charge on any atom is -0.484 e. The Morgan fingerprint density at radius 2 is 1.72 bits per heavy atom. The number of hydrogen-bond donors (Lipinski definition) is 2. The third-order valence-electron chi connectivity index (χ3n) is 3.88. The Morgan fingerprint density at radius 1 is 1.07 bits per heavy atom. The first kappa shape index (κ1) is 21.4. The molecule has 8 nitrogen and oxygen atoms in total. The predicted molar refractivity (Wildman–Crippen MR) is 108 cm³/mol. The number of ether oxygens (including phenoxy) is 1.